The summed E-state index contributed by atoms with van der Waals surface area (Å²) in [6, 6.07) is 5.18. The Hall–Kier alpha value is -1.75. The van der Waals surface area contributed by atoms with Crippen LogP contribution in [0.25, 0.3) is 0 Å². The molecule has 0 bridgehead atoms. The molecule has 0 heterocycles. The number of primary amides is 1. The lowest BCUT2D eigenvalue weighted by molar-refractivity contribution is -0.119. The molecule has 0 spiro atoms. The number of hydrogen-bond donors (Lipinski definition) is 2. The molecule has 1 aromatic carbocycles. The molecule has 0 aliphatic rings. The number of benzene rings is 1. The zero-order chi connectivity index (χ0) is 14.3. The number of hydrogen-bond acceptors (Lipinski definition) is 4. The number of phenolic OH excluding ortho intramolecular Hbond substituents is 1. The van der Waals surface area contributed by atoms with Crippen LogP contribution in [-0.4, -0.2) is 36.1 Å². The summed E-state index contributed by atoms with van der Waals surface area (Å²) in [5.74, 6) is 0.218. The number of phenols is 1. The summed E-state index contributed by atoms with van der Waals surface area (Å²) in [6.07, 6.45) is 2.08. The second-order valence-corrected chi connectivity index (χ2v) is 4.54. The highest BCUT2D eigenvalue weighted by Gasteiger charge is 2.10. The van der Waals surface area contributed by atoms with E-state index in [0.29, 0.717) is 12.3 Å². The largest absolute Gasteiger partial charge is 0.504 e. The van der Waals surface area contributed by atoms with Crippen LogP contribution in [0.2, 0.25) is 0 Å². The van der Waals surface area contributed by atoms with Crippen LogP contribution in [0.1, 0.15) is 25.3 Å². The second-order valence-electron chi connectivity index (χ2n) is 4.54. The Bertz CT molecular complexity index is 421. The van der Waals surface area contributed by atoms with Crippen LogP contribution in [0.3, 0.4) is 0 Å². The molecule has 1 amide bonds. The summed E-state index contributed by atoms with van der Waals surface area (Å²) in [5, 5.41) is 9.54. The second kappa shape index (κ2) is 7.63. The average molecular weight is 266 g/mol. The monoisotopic (exact) mass is 266 g/mol. The molecule has 19 heavy (non-hydrogen) atoms. The van der Waals surface area contributed by atoms with Gasteiger partial charge in [0.1, 0.15) is 0 Å². The lowest BCUT2D eigenvalue weighted by Gasteiger charge is -2.20. The highest BCUT2D eigenvalue weighted by atomic mass is 16.5. The van der Waals surface area contributed by atoms with Gasteiger partial charge in [-0.05, 0) is 30.7 Å². The van der Waals surface area contributed by atoms with Crippen LogP contribution in [0.4, 0.5) is 0 Å². The summed E-state index contributed by atoms with van der Waals surface area (Å²) in [5.41, 5.74) is 6.23. The fraction of sp³-hybridized carbons (Fsp3) is 0.500. The van der Waals surface area contributed by atoms with E-state index in [-0.39, 0.29) is 18.2 Å². The van der Waals surface area contributed by atoms with Crippen LogP contribution in [0.5, 0.6) is 11.5 Å². The van der Waals surface area contributed by atoms with Gasteiger partial charge in [-0.3, -0.25) is 9.69 Å². The third kappa shape index (κ3) is 5.18. The Morgan fingerprint density at radius 1 is 1.47 bits per heavy atom. The fourth-order valence-corrected chi connectivity index (χ4v) is 1.89. The van der Waals surface area contributed by atoms with Gasteiger partial charge >= 0.3 is 0 Å². The van der Waals surface area contributed by atoms with E-state index in [1.54, 1.807) is 12.1 Å². The molecule has 0 saturated heterocycles. The first-order valence-corrected chi connectivity index (χ1v) is 6.43. The summed E-state index contributed by atoms with van der Waals surface area (Å²) in [6.45, 7) is 3.78. The normalized spacial score (nSPS) is 10.7. The van der Waals surface area contributed by atoms with E-state index >= 15 is 0 Å². The van der Waals surface area contributed by atoms with Crippen LogP contribution in [0.15, 0.2) is 18.2 Å². The minimum absolute atomic E-state index is 0.112. The average Bonchev–Trinajstić information content (AvgIpc) is 2.37. The van der Waals surface area contributed by atoms with Crippen LogP contribution in [-0.2, 0) is 11.3 Å². The molecule has 0 fully saturated rings. The molecule has 5 nitrogen and oxygen atoms in total. The molecule has 106 valence electrons. The first-order valence-electron chi connectivity index (χ1n) is 6.43. The van der Waals surface area contributed by atoms with E-state index in [2.05, 4.69) is 6.92 Å². The zero-order valence-electron chi connectivity index (χ0n) is 11.6. The molecule has 3 N–H and O–H groups in total. The maximum absolute atomic E-state index is 11.1. The van der Waals surface area contributed by atoms with Crippen molar-refractivity contribution in [1.82, 2.24) is 4.90 Å². The smallest absolute Gasteiger partial charge is 0.231 e. The van der Waals surface area contributed by atoms with Crippen molar-refractivity contribution < 1.29 is 14.6 Å². The number of aromatic hydroxyl groups is 1. The summed E-state index contributed by atoms with van der Waals surface area (Å²) >= 11 is 0. The van der Waals surface area contributed by atoms with Crippen LogP contribution >= 0.6 is 0 Å². The lowest BCUT2D eigenvalue weighted by atomic mass is 10.1. The number of carbonyl (C=O) groups is 1. The number of unbranched alkanes of at least 4 members (excludes halogenated alkanes) is 1. The maximum Gasteiger partial charge on any atom is 0.231 e. The Balaban J connectivity index is 2.74. The first kappa shape index (κ1) is 15.3. The van der Waals surface area contributed by atoms with E-state index in [1.807, 2.05) is 11.0 Å². The summed E-state index contributed by atoms with van der Waals surface area (Å²) in [7, 11) is 1.51. The molecule has 0 saturated carbocycles. The van der Waals surface area contributed by atoms with E-state index in [1.165, 1.54) is 7.11 Å². The molecule has 0 aliphatic carbocycles. The highest BCUT2D eigenvalue weighted by Crippen LogP contribution is 2.26. The predicted octanol–water partition coefficient (Wildman–Crippen LogP) is 1.49. The molecule has 0 unspecified atom stereocenters. The minimum Gasteiger partial charge on any atom is -0.504 e. The van der Waals surface area contributed by atoms with E-state index in [9.17, 15) is 9.90 Å². The Labute approximate surface area is 114 Å². The van der Waals surface area contributed by atoms with Crippen molar-refractivity contribution in [3.8, 4) is 11.5 Å². The number of rotatable bonds is 8. The zero-order valence-corrected chi connectivity index (χ0v) is 11.6. The molecule has 0 radical (unpaired) electrons. The molecule has 0 aliphatic heterocycles. The van der Waals surface area contributed by atoms with Crippen molar-refractivity contribution in [1.29, 1.82) is 0 Å². The number of carbonyl (C=O) groups excluding carboxylic acids is 1. The van der Waals surface area contributed by atoms with Crippen molar-refractivity contribution in [2.75, 3.05) is 20.2 Å². The minimum atomic E-state index is -0.332. The van der Waals surface area contributed by atoms with E-state index in [0.717, 1.165) is 24.9 Å². The highest BCUT2D eigenvalue weighted by molar-refractivity contribution is 5.75. The van der Waals surface area contributed by atoms with Gasteiger partial charge in [0.05, 0.1) is 13.7 Å². The maximum atomic E-state index is 11.1. The number of nitrogens with two attached hydrogens (primary N) is 1. The number of amides is 1. The number of ether oxygens (including phenoxy) is 1. The standard InChI is InChI=1S/C14H22N2O3/c1-3-4-7-16(10-14(15)18)9-11-5-6-12(17)13(8-11)19-2/h5-6,8,17H,3-4,7,9-10H2,1-2H3,(H2,15,18). The number of nitrogens with zero attached hydrogens (tertiary/aromatic N) is 1. The third-order valence-electron chi connectivity index (χ3n) is 2.86. The van der Waals surface area contributed by atoms with Gasteiger partial charge in [-0.25, -0.2) is 0 Å². The quantitative estimate of drug-likeness (QED) is 0.747. The molecular formula is C14H22N2O3. The van der Waals surface area contributed by atoms with Crippen LogP contribution < -0.4 is 10.5 Å². The van der Waals surface area contributed by atoms with E-state index in [4.69, 9.17) is 10.5 Å². The molecule has 1 rings (SSSR count). The lowest BCUT2D eigenvalue weighted by Crippen LogP contribution is -2.34. The molecule has 5 heteroatoms. The number of methoxy groups -OCH3 is 1. The van der Waals surface area contributed by atoms with Gasteiger partial charge < -0.3 is 15.6 Å². The molecule has 0 atom stereocenters. The topological polar surface area (TPSA) is 75.8 Å². The molecule has 1 aromatic rings. The van der Waals surface area contributed by atoms with E-state index < -0.39 is 0 Å². The van der Waals surface area contributed by atoms with Gasteiger partial charge in [0, 0.05) is 6.54 Å². The van der Waals surface area contributed by atoms with Crippen molar-refractivity contribution in [3.63, 3.8) is 0 Å². The Morgan fingerprint density at radius 2 is 2.21 bits per heavy atom. The van der Waals surface area contributed by atoms with Crippen molar-refractivity contribution in [3.05, 3.63) is 23.8 Å². The van der Waals surface area contributed by atoms with Gasteiger partial charge in [0.25, 0.3) is 0 Å². The predicted molar refractivity (Wildman–Crippen MR) is 74.0 cm³/mol. The van der Waals surface area contributed by atoms with Crippen molar-refractivity contribution in [2.45, 2.75) is 26.3 Å². The van der Waals surface area contributed by atoms with Gasteiger partial charge in [0.15, 0.2) is 11.5 Å². The Morgan fingerprint density at radius 3 is 2.79 bits per heavy atom. The van der Waals surface area contributed by atoms with Gasteiger partial charge in [-0.1, -0.05) is 19.4 Å². The Kier molecular flexibility index (Phi) is 6.15. The fourth-order valence-electron chi connectivity index (χ4n) is 1.89. The van der Waals surface area contributed by atoms with Gasteiger partial charge in [0.2, 0.25) is 5.91 Å². The molecule has 0 aromatic heterocycles. The van der Waals surface area contributed by atoms with Gasteiger partial charge in [-0.2, -0.15) is 0 Å². The van der Waals surface area contributed by atoms with Crippen molar-refractivity contribution >= 4 is 5.91 Å². The van der Waals surface area contributed by atoms with Crippen LogP contribution in [0, 0.1) is 0 Å². The van der Waals surface area contributed by atoms with Crippen molar-refractivity contribution in [2.24, 2.45) is 5.73 Å². The first-order chi connectivity index (χ1) is 9.06. The summed E-state index contributed by atoms with van der Waals surface area (Å²) < 4.78 is 5.07. The summed E-state index contributed by atoms with van der Waals surface area (Å²) in [4.78, 5) is 13.1. The third-order valence-corrected chi connectivity index (χ3v) is 2.86. The van der Waals surface area contributed by atoms with Gasteiger partial charge in [-0.15, -0.1) is 0 Å². The molecular weight excluding hydrogens is 244 g/mol. The SMILES string of the molecule is CCCCN(CC(N)=O)Cc1ccc(O)c(OC)c1.